The number of anilines is 1. The van der Waals surface area contributed by atoms with Crippen LogP contribution in [-0.2, 0) is 4.74 Å². The topological polar surface area (TPSA) is 41.9 Å². The molecule has 0 aliphatic carbocycles. The molecule has 20 heavy (non-hydrogen) atoms. The average Bonchev–Trinajstić information content (AvgIpc) is 2.37. The number of nitrogens with zero attached hydrogens (tertiary/aromatic N) is 1. The number of hydrogen-bond donors (Lipinski definition) is 1. The number of benzene rings is 1. The highest BCUT2D eigenvalue weighted by molar-refractivity contribution is 5.58. The van der Waals surface area contributed by atoms with Gasteiger partial charge in [0.1, 0.15) is 5.75 Å². The minimum absolute atomic E-state index is 0.387. The van der Waals surface area contributed by atoms with E-state index in [1.54, 1.807) is 21.0 Å². The molecule has 1 aromatic carbocycles. The van der Waals surface area contributed by atoms with Crippen LogP contribution in [0.15, 0.2) is 36.5 Å². The molecule has 1 atom stereocenters. The number of hydrogen-bond acceptors (Lipinski definition) is 4. The van der Waals surface area contributed by atoms with Gasteiger partial charge in [-0.15, -0.1) is 0 Å². The first-order chi connectivity index (χ1) is 9.40. The van der Waals surface area contributed by atoms with Gasteiger partial charge in [-0.05, 0) is 44.5 Å². The Hall–Kier alpha value is -1.52. The van der Waals surface area contributed by atoms with Crippen molar-refractivity contribution in [3.05, 3.63) is 36.5 Å². The van der Waals surface area contributed by atoms with Crippen molar-refractivity contribution in [3.8, 4) is 5.75 Å². The van der Waals surface area contributed by atoms with E-state index in [-0.39, 0.29) is 0 Å². The first-order valence-electron chi connectivity index (χ1n) is 6.88. The fraction of sp³-hybridized carbons (Fsp3) is 0.500. The van der Waals surface area contributed by atoms with Gasteiger partial charge in [0, 0.05) is 23.8 Å². The molecule has 0 amide bonds. The maximum Gasteiger partial charge on any atom is 0.159 e. The molecule has 0 saturated carbocycles. The fourth-order valence-corrected chi connectivity index (χ4v) is 2.42. The van der Waals surface area contributed by atoms with Gasteiger partial charge < -0.3 is 19.5 Å². The summed E-state index contributed by atoms with van der Waals surface area (Å²) in [4.78, 5) is 2.22. The van der Waals surface area contributed by atoms with Crippen LogP contribution in [0, 0.1) is 0 Å². The molecule has 1 fully saturated rings. The molecule has 0 unspecified atom stereocenters. The number of ether oxygens (including phenoxy) is 2. The Morgan fingerprint density at radius 3 is 2.50 bits per heavy atom. The summed E-state index contributed by atoms with van der Waals surface area (Å²) in [6.07, 6.45) is 1.84. The Bertz CT molecular complexity index is 462. The van der Waals surface area contributed by atoms with E-state index >= 15 is 0 Å². The highest BCUT2D eigenvalue weighted by atomic mass is 16.6. The third kappa shape index (κ3) is 3.52. The van der Waals surface area contributed by atoms with E-state index in [1.807, 2.05) is 24.3 Å². The van der Waals surface area contributed by atoms with Gasteiger partial charge in [-0.1, -0.05) is 6.58 Å². The molecule has 0 aromatic heterocycles. The molecule has 4 heteroatoms. The largest absolute Gasteiger partial charge is 0.497 e. The second-order valence-corrected chi connectivity index (χ2v) is 5.58. The van der Waals surface area contributed by atoms with Crippen molar-refractivity contribution in [3.63, 3.8) is 0 Å². The van der Waals surface area contributed by atoms with E-state index in [0.717, 1.165) is 30.0 Å². The van der Waals surface area contributed by atoms with Gasteiger partial charge in [-0.25, -0.2) is 0 Å². The van der Waals surface area contributed by atoms with Crippen LogP contribution >= 0.6 is 0 Å². The van der Waals surface area contributed by atoms with Crippen molar-refractivity contribution in [2.24, 2.45) is 0 Å². The van der Waals surface area contributed by atoms with Gasteiger partial charge in [-0.2, -0.15) is 0 Å². The molecule has 1 saturated heterocycles. The first-order valence-corrected chi connectivity index (χ1v) is 6.88. The summed E-state index contributed by atoms with van der Waals surface area (Å²) < 4.78 is 10.5. The number of aliphatic hydroxyl groups is 1. The first kappa shape index (κ1) is 14.9. The van der Waals surface area contributed by atoms with Crippen LogP contribution in [0.25, 0.3) is 0 Å². The lowest BCUT2D eigenvalue weighted by Crippen LogP contribution is -2.46. The predicted molar refractivity (Wildman–Crippen MR) is 79.9 cm³/mol. The molecule has 0 radical (unpaired) electrons. The maximum absolute atomic E-state index is 9.55. The van der Waals surface area contributed by atoms with Gasteiger partial charge in [0.15, 0.2) is 5.79 Å². The van der Waals surface area contributed by atoms with Crippen LogP contribution in [0.1, 0.15) is 26.7 Å². The normalized spacial score (nSPS) is 18.9. The average molecular weight is 277 g/mol. The zero-order valence-electron chi connectivity index (χ0n) is 12.4. The molecule has 2 rings (SSSR count). The molecule has 1 aliphatic rings. The van der Waals surface area contributed by atoms with Crippen molar-refractivity contribution >= 4 is 5.69 Å². The molecule has 1 N–H and O–H groups in total. The van der Waals surface area contributed by atoms with Crippen LogP contribution in [0.4, 0.5) is 5.69 Å². The second-order valence-electron chi connectivity index (χ2n) is 5.58. The molecule has 0 spiro atoms. The predicted octanol–water partition coefficient (Wildman–Crippen LogP) is 2.92. The third-order valence-electron chi connectivity index (χ3n) is 3.43. The zero-order chi connectivity index (χ0) is 14.8. The summed E-state index contributed by atoms with van der Waals surface area (Å²) in [6.45, 7) is 7.90. The Balaban J connectivity index is 1.93. The van der Waals surface area contributed by atoms with Crippen molar-refractivity contribution in [2.75, 3.05) is 18.6 Å². The highest BCUT2D eigenvalue weighted by Gasteiger charge is 2.32. The Morgan fingerprint density at radius 1 is 1.35 bits per heavy atom. The minimum Gasteiger partial charge on any atom is -0.497 e. The van der Waals surface area contributed by atoms with Gasteiger partial charge >= 0.3 is 0 Å². The summed E-state index contributed by atoms with van der Waals surface area (Å²) in [5.41, 5.74) is 2.23. The summed E-state index contributed by atoms with van der Waals surface area (Å²) in [7, 11) is 1.66. The van der Waals surface area contributed by atoms with Crippen molar-refractivity contribution in [2.45, 2.75) is 38.5 Å². The monoisotopic (exact) mass is 277 g/mol. The van der Waals surface area contributed by atoms with Crippen LogP contribution < -0.4 is 9.64 Å². The molecule has 4 nitrogen and oxygen atoms in total. The lowest BCUT2D eigenvalue weighted by Gasteiger charge is -2.45. The standard InChI is InChI=1S/C16H23NO3/c1-12-11-14(9-10-20-16(2,3)18)17(12)13-5-7-15(19-4)8-6-13/h5-8,14,18H,1,9-11H2,2-4H3/t14-/m0/s1. The molecule has 1 aromatic rings. The van der Waals surface area contributed by atoms with Crippen molar-refractivity contribution in [1.29, 1.82) is 0 Å². The van der Waals surface area contributed by atoms with E-state index in [2.05, 4.69) is 11.5 Å². The highest BCUT2D eigenvalue weighted by Crippen LogP contribution is 2.36. The Morgan fingerprint density at radius 2 is 2.00 bits per heavy atom. The van der Waals surface area contributed by atoms with Gasteiger partial charge in [0.2, 0.25) is 0 Å². The lowest BCUT2D eigenvalue weighted by molar-refractivity contribution is -0.177. The van der Waals surface area contributed by atoms with E-state index < -0.39 is 5.79 Å². The van der Waals surface area contributed by atoms with Crippen LogP contribution in [0.3, 0.4) is 0 Å². The maximum atomic E-state index is 9.55. The Labute approximate surface area is 120 Å². The van der Waals surface area contributed by atoms with Gasteiger partial charge in [0.25, 0.3) is 0 Å². The lowest BCUT2D eigenvalue weighted by atomic mass is 9.95. The quantitative estimate of drug-likeness (QED) is 0.812. The van der Waals surface area contributed by atoms with E-state index in [0.29, 0.717) is 12.6 Å². The molecule has 1 aliphatic heterocycles. The molecular formula is C16H23NO3. The second kappa shape index (κ2) is 5.85. The summed E-state index contributed by atoms with van der Waals surface area (Å²) >= 11 is 0. The van der Waals surface area contributed by atoms with E-state index in [9.17, 15) is 5.11 Å². The van der Waals surface area contributed by atoms with E-state index in [4.69, 9.17) is 9.47 Å². The number of methoxy groups -OCH3 is 1. The minimum atomic E-state index is -1.06. The van der Waals surface area contributed by atoms with Crippen molar-refractivity contribution in [1.82, 2.24) is 0 Å². The molecule has 110 valence electrons. The van der Waals surface area contributed by atoms with Gasteiger partial charge in [-0.3, -0.25) is 0 Å². The third-order valence-corrected chi connectivity index (χ3v) is 3.43. The van der Waals surface area contributed by atoms with E-state index in [1.165, 1.54) is 0 Å². The smallest absolute Gasteiger partial charge is 0.159 e. The summed E-state index contributed by atoms with van der Waals surface area (Å²) in [6, 6.07) is 8.36. The number of rotatable bonds is 6. The molecular weight excluding hydrogens is 254 g/mol. The summed E-state index contributed by atoms with van der Waals surface area (Å²) in [5, 5.41) is 9.55. The van der Waals surface area contributed by atoms with Crippen LogP contribution in [0.2, 0.25) is 0 Å². The van der Waals surface area contributed by atoms with Crippen LogP contribution in [0.5, 0.6) is 5.75 Å². The SMILES string of the molecule is C=C1C[C@H](CCOC(C)(C)O)N1c1ccc(OC)cc1. The molecule has 1 heterocycles. The van der Waals surface area contributed by atoms with Crippen LogP contribution in [-0.4, -0.2) is 30.7 Å². The zero-order valence-corrected chi connectivity index (χ0v) is 12.4. The van der Waals surface area contributed by atoms with Gasteiger partial charge in [0.05, 0.1) is 13.7 Å². The molecule has 0 bridgehead atoms. The summed E-state index contributed by atoms with van der Waals surface area (Å²) in [5.74, 6) is -0.215. The Kier molecular flexibility index (Phi) is 4.35. The van der Waals surface area contributed by atoms with Crippen molar-refractivity contribution < 1.29 is 14.6 Å². The fourth-order valence-electron chi connectivity index (χ4n) is 2.42.